The van der Waals surface area contributed by atoms with Gasteiger partial charge in [-0.25, -0.2) is 14.5 Å². The van der Waals surface area contributed by atoms with Crippen molar-refractivity contribution in [1.29, 1.82) is 0 Å². The van der Waals surface area contributed by atoms with Crippen LogP contribution in [0.25, 0.3) is 5.52 Å². The standard InChI is InChI=1S/C21H28N8O/c1-16-14-18-20(22-7-9-29(18)25-16)28-8-3-4-17(15-28)26(2)21-23-6-5-19(24-21)27-10-12-30-13-11-27/h5-7,9,14,17H,3-4,8,10-13,15H2,1-2H3. The van der Waals surface area contributed by atoms with Gasteiger partial charge in [0.15, 0.2) is 5.82 Å². The minimum atomic E-state index is 0.324. The SMILES string of the molecule is Cc1cc2c(N3CCCC(N(C)c4nccc(N5CCOCC5)n4)C3)nccn2n1. The van der Waals surface area contributed by atoms with E-state index >= 15 is 0 Å². The molecule has 2 aliphatic rings. The molecule has 1 atom stereocenters. The summed E-state index contributed by atoms with van der Waals surface area (Å²) < 4.78 is 7.38. The number of fused-ring (bicyclic) bond motifs is 1. The summed E-state index contributed by atoms with van der Waals surface area (Å²) in [5.41, 5.74) is 2.06. The quantitative estimate of drug-likeness (QED) is 0.647. The second-order valence-corrected chi connectivity index (χ2v) is 8.03. The maximum atomic E-state index is 5.47. The van der Waals surface area contributed by atoms with Crippen LogP contribution in [-0.2, 0) is 4.74 Å². The Morgan fingerprint density at radius 3 is 2.83 bits per heavy atom. The van der Waals surface area contributed by atoms with Crippen molar-refractivity contribution in [2.24, 2.45) is 0 Å². The molecule has 0 N–H and O–H groups in total. The highest BCUT2D eigenvalue weighted by Crippen LogP contribution is 2.26. The Hall–Kier alpha value is -2.94. The van der Waals surface area contributed by atoms with Crippen molar-refractivity contribution in [2.75, 3.05) is 61.1 Å². The average Bonchev–Trinajstić information content (AvgIpc) is 3.19. The Kier molecular flexibility index (Phi) is 5.12. The van der Waals surface area contributed by atoms with Gasteiger partial charge >= 0.3 is 0 Å². The van der Waals surface area contributed by atoms with Crippen LogP contribution in [0.15, 0.2) is 30.7 Å². The first-order valence-corrected chi connectivity index (χ1v) is 10.6. The fourth-order valence-corrected chi connectivity index (χ4v) is 4.38. The molecule has 2 aliphatic heterocycles. The van der Waals surface area contributed by atoms with Gasteiger partial charge in [-0.1, -0.05) is 0 Å². The molecule has 3 aromatic heterocycles. The van der Waals surface area contributed by atoms with E-state index in [0.717, 1.165) is 81.0 Å². The smallest absolute Gasteiger partial charge is 0.227 e. The number of morpholine rings is 1. The summed E-state index contributed by atoms with van der Waals surface area (Å²) in [6, 6.07) is 4.41. The van der Waals surface area contributed by atoms with Crippen LogP contribution >= 0.6 is 0 Å². The Labute approximate surface area is 176 Å². The summed E-state index contributed by atoms with van der Waals surface area (Å²) in [6.07, 6.45) is 7.82. The van der Waals surface area contributed by atoms with Gasteiger partial charge < -0.3 is 19.4 Å². The third-order valence-corrected chi connectivity index (χ3v) is 6.01. The first kappa shape index (κ1) is 19.0. The minimum Gasteiger partial charge on any atom is -0.378 e. The molecule has 1 unspecified atom stereocenters. The summed E-state index contributed by atoms with van der Waals surface area (Å²) in [4.78, 5) is 21.0. The number of hydrogen-bond donors (Lipinski definition) is 0. The summed E-state index contributed by atoms with van der Waals surface area (Å²) in [7, 11) is 2.10. The Bertz CT molecular complexity index is 1020. The van der Waals surface area contributed by atoms with Crippen LogP contribution in [0.4, 0.5) is 17.6 Å². The summed E-state index contributed by atoms with van der Waals surface area (Å²) in [5, 5.41) is 4.53. The van der Waals surface area contributed by atoms with Gasteiger partial charge in [-0.3, -0.25) is 0 Å². The second-order valence-electron chi connectivity index (χ2n) is 8.03. The zero-order chi connectivity index (χ0) is 20.5. The van der Waals surface area contributed by atoms with Crippen molar-refractivity contribution in [3.05, 3.63) is 36.4 Å². The summed E-state index contributed by atoms with van der Waals surface area (Å²) in [5.74, 6) is 2.75. The van der Waals surface area contributed by atoms with E-state index in [0.29, 0.717) is 6.04 Å². The topological polar surface area (TPSA) is 74.9 Å². The fraction of sp³-hybridized carbons (Fsp3) is 0.524. The third kappa shape index (κ3) is 3.65. The lowest BCUT2D eigenvalue weighted by Crippen LogP contribution is -2.47. The van der Waals surface area contributed by atoms with Crippen LogP contribution in [0.2, 0.25) is 0 Å². The van der Waals surface area contributed by atoms with Gasteiger partial charge in [0.25, 0.3) is 0 Å². The van der Waals surface area contributed by atoms with Crippen molar-refractivity contribution in [3.63, 3.8) is 0 Å². The zero-order valence-electron chi connectivity index (χ0n) is 17.6. The summed E-state index contributed by atoms with van der Waals surface area (Å²) in [6.45, 7) is 7.14. The predicted molar refractivity (Wildman–Crippen MR) is 116 cm³/mol. The first-order chi connectivity index (χ1) is 14.7. The Balaban J connectivity index is 1.35. The maximum Gasteiger partial charge on any atom is 0.227 e. The van der Waals surface area contributed by atoms with Gasteiger partial charge in [0.1, 0.15) is 11.3 Å². The van der Waals surface area contributed by atoms with Gasteiger partial charge in [-0.15, -0.1) is 0 Å². The largest absolute Gasteiger partial charge is 0.378 e. The molecule has 0 saturated carbocycles. The number of ether oxygens (including phenoxy) is 1. The van der Waals surface area contributed by atoms with E-state index in [1.54, 1.807) is 0 Å². The van der Waals surface area contributed by atoms with E-state index in [1.807, 2.05) is 36.1 Å². The number of piperidine rings is 1. The molecule has 158 valence electrons. The van der Waals surface area contributed by atoms with E-state index in [4.69, 9.17) is 9.72 Å². The third-order valence-electron chi connectivity index (χ3n) is 6.01. The van der Waals surface area contributed by atoms with E-state index in [1.165, 1.54) is 0 Å². The molecule has 0 amide bonds. The van der Waals surface area contributed by atoms with Gasteiger partial charge in [-0.05, 0) is 31.9 Å². The first-order valence-electron chi connectivity index (χ1n) is 10.6. The number of nitrogens with zero attached hydrogens (tertiary/aromatic N) is 8. The van der Waals surface area contributed by atoms with Crippen molar-refractivity contribution in [2.45, 2.75) is 25.8 Å². The highest BCUT2D eigenvalue weighted by molar-refractivity contribution is 5.69. The summed E-state index contributed by atoms with van der Waals surface area (Å²) >= 11 is 0. The molecule has 9 nitrogen and oxygen atoms in total. The number of hydrogen-bond acceptors (Lipinski definition) is 8. The normalized spacial score (nSPS) is 20.0. The lowest BCUT2D eigenvalue weighted by molar-refractivity contribution is 0.122. The number of anilines is 3. The van der Waals surface area contributed by atoms with Crippen LogP contribution in [0.5, 0.6) is 0 Å². The van der Waals surface area contributed by atoms with E-state index < -0.39 is 0 Å². The van der Waals surface area contributed by atoms with Crippen molar-refractivity contribution >= 4 is 23.1 Å². The average molecular weight is 409 g/mol. The molecule has 0 bridgehead atoms. The lowest BCUT2D eigenvalue weighted by atomic mass is 10.0. The number of aromatic nitrogens is 5. The monoisotopic (exact) mass is 408 g/mol. The molecule has 0 aromatic carbocycles. The van der Waals surface area contributed by atoms with E-state index in [-0.39, 0.29) is 0 Å². The Morgan fingerprint density at radius 2 is 1.97 bits per heavy atom. The van der Waals surface area contributed by atoms with Crippen LogP contribution in [0, 0.1) is 6.92 Å². The molecule has 30 heavy (non-hydrogen) atoms. The van der Waals surface area contributed by atoms with Crippen molar-refractivity contribution < 1.29 is 4.74 Å². The van der Waals surface area contributed by atoms with E-state index in [9.17, 15) is 0 Å². The molecule has 2 fully saturated rings. The molecule has 0 radical (unpaired) electrons. The predicted octanol–water partition coefficient (Wildman–Crippen LogP) is 1.77. The van der Waals surface area contributed by atoms with Crippen LogP contribution in [-0.4, -0.2) is 77.0 Å². The molecular weight excluding hydrogens is 380 g/mol. The van der Waals surface area contributed by atoms with Crippen LogP contribution < -0.4 is 14.7 Å². The molecule has 0 spiro atoms. The number of aryl methyl sites for hydroxylation is 1. The van der Waals surface area contributed by atoms with Crippen molar-refractivity contribution in [3.8, 4) is 0 Å². The fourth-order valence-electron chi connectivity index (χ4n) is 4.38. The van der Waals surface area contributed by atoms with Crippen molar-refractivity contribution in [1.82, 2.24) is 24.6 Å². The van der Waals surface area contributed by atoms with Gasteiger partial charge in [0.05, 0.1) is 18.9 Å². The lowest BCUT2D eigenvalue weighted by Gasteiger charge is -2.38. The van der Waals surface area contributed by atoms with Crippen LogP contribution in [0.1, 0.15) is 18.5 Å². The number of likely N-dealkylation sites (N-methyl/N-ethyl adjacent to an activating group) is 1. The molecule has 9 heteroatoms. The molecule has 2 saturated heterocycles. The van der Waals surface area contributed by atoms with E-state index in [2.05, 4.69) is 42.9 Å². The molecule has 5 rings (SSSR count). The molecule has 5 heterocycles. The van der Waals surface area contributed by atoms with Crippen LogP contribution in [0.3, 0.4) is 0 Å². The minimum absolute atomic E-state index is 0.324. The molecular formula is C21H28N8O. The van der Waals surface area contributed by atoms with Gasteiger partial charge in [0.2, 0.25) is 5.95 Å². The number of rotatable bonds is 4. The molecule has 3 aromatic rings. The highest BCUT2D eigenvalue weighted by atomic mass is 16.5. The second kappa shape index (κ2) is 8.06. The Morgan fingerprint density at radius 1 is 1.10 bits per heavy atom. The van der Waals surface area contributed by atoms with Gasteiger partial charge in [0, 0.05) is 57.9 Å². The maximum absolute atomic E-state index is 5.47. The molecule has 0 aliphatic carbocycles. The zero-order valence-corrected chi connectivity index (χ0v) is 17.6. The highest BCUT2D eigenvalue weighted by Gasteiger charge is 2.27. The van der Waals surface area contributed by atoms with Gasteiger partial charge in [-0.2, -0.15) is 10.1 Å².